The van der Waals surface area contributed by atoms with Gasteiger partial charge in [0.15, 0.2) is 0 Å². The molecule has 2 N–H and O–H groups in total. The normalized spacial score (nSPS) is 22.5. The van der Waals surface area contributed by atoms with Gasteiger partial charge in [-0.1, -0.05) is 26.0 Å². The van der Waals surface area contributed by atoms with E-state index in [1.807, 2.05) is 0 Å². The Balaban J connectivity index is 2.09. The SMILES string of the molecule is CCC(c1ccc(N2CCC(C)C2)cc1)C(N)CF. The molecule has 19 heavy (non-hydrogen) atoms. The third-order valence-electron chi connectivity index (χ3n) is 4.25. The first-order valence-electron chi connectivity index (χ1n) is 7.32. The molecule has 1 fully saturated rings. The Hall–Kier alpha value is -1.09. The van der Waals surface area contributed by atoms with Crippen molar-refractivity contribution in [1.29, 1.82) is 0 Å². The molecule has 1 aromatic carbocycles. The second-order valence-electron chi connectivity index (χ2n) is 5.76. The molecule has 1 aliphatic rings. The summed E-state index contributed by atoms with van der Waals surface area (Å²) in [6.45, 7) is 6.18. The van der Waals surface area contributed by atoms with E-state index in [1.165, 1.54) is 12.1 Å². The molecule has 0 aromatic heterocycles. The highest BCUT2D eigenvalue weighted by atomic mass is 19.1. The lowest BCUT2D eigenvalue weighted by atomic mass is 9.90. The van der Waals surface area contributed by atoms with Crippen molar-refractivity contribution in [3.8, 4) is 0 Å². The van der Waals surface area contributed by atoms with E-state index in [-0.39, 0.29) is 12.0 Å². The molecule has 0 spiro atoms. The maximum atomic E-state index is 12.7. The van der Waals surface area contributed by atoms with Gasteiger partial charge < -0.3 is 10.6 Å². The zero-order chi connectivity index (χ0) is 13.8. The fourth-order valence-corrected chi connectivity index (χ4v) is 3.00. The number of nitrogens with zero attached hydrogens (tertiary/aromatic N) is 1. The van der Waals surface area contributed by atoms with Gasteiger partial charge in [0.25, 0.3) is 0 Å². The number of hydrogen-bond acceptors (Lipinski definition) is 2. The molecule has 1 aromatic rings. The highest BCUT2D eigenvalue weighted by molar-refractivity contribution is 5.49. The molecular formula is C16H25FN2. The van der Waals surface area contributed by atoms with Crippen molar-refractivity contribution in [2.75, 3.05) is 24.7 Å². The van der Waals surface area contributed by atoms with E-state index in [1.54, 1.807) is 0 Å². The molecule has 0 amide bonds. The molecule has 1 saturated heterocycles. The predicted molar refractivity (Wildman–Crippen MR) is 79.4 cm³/mol. The first kappa shape index (κ1) is 14.3. The van der Waals surface area contributed by atoms with Crippen LogP contribution in [0.25, 0.3) is 0 Å². The Kier molecular flexibility index (Phi) is 4.81. The molecule has 2 rings (SSSR count). The van der Waals surface area contributed by atoms with Crippen LogP contribution < -0.4 is 10.6 Å². The third-order valence-corrected chi connectivity index (χ3v) is 4.25. The second kappa shape index (κ2) is 6.38. The summed E-state index contributed by atoms with van der Waals surface area (Å²) < 4.78 is 12.7. The maximum absolute atomic E-state index is 12.7. The third kappa shape index (κ3) is 3.27. The van der Waals surface area contributed by atoms with E-state index in [9.17, 15) is 4.39 Å². The molecule has 1 heterocycles. The van der Waals surface area contributed by atoms with E-state index >= 15 is 0 Å². The maximum Gasteiger partial charge on any atom is 0.105 e. The van der Waals surface area contributed by atoms with Crippen LogP contribution in [-0.4, -0.2) is 25.8 Å². The minimum atomic E-state index is -0.454. The van der Waals surface area contributed by atoms with Crippen LogP contribution in [0.15, 0.2) is 24.3 Å². The molecule has 2 nitrogen and oxygen atoms in total. The molecule has 0 saturated carbocycles. The van der Waals surface area contributed by atoms with E-state index in [2.05, 4.69) is 43.0 Å². The van der Waals surface area contributed by atoms with Gasteiger partial charge in [-0.3, -0.25) is 0 Å². The zero-order valence-corrected chi connectivity index (χ0v) is 12.0. The van der Waals surface area contributed by atoms with Gasteiger partial charge in [0.2, 0.25) is 0 Å². The molecule has 106 valence electrons. The Morgan fingerprint density at radius 3 is 2.53 bits per heavy atom. The first-order chi connectivity index (χ1) is 9.15. The van der Waals surface area contributed by atoms with Crippen molar-refractivity contribution in [3.05, 3.63) is 29.8 Å². The van der Waals surface area contributed by atoms with Gasteiger partial charge in [0, 0.05) is 30.7 Å². The lowest BCUT2D eigenvalue weighted by Crippen LogP contribution is -2.30. The lowest BCUT2D eigenvalue weighted by molar-refractivity contribution is 0.380. The first-order valence-corrected chi connectivity index (χ1v) is 7.32. The van der Waals surface area contributed by atoms with Gasteiger partial charge in [0.05, 0.1) is 0 Å². The average molecular weight is 264 g/mol. The smallest absolute Gasteiger partial charge is 0.105 e. The largest absolute Gasteiger partial charge is 0.371 e. The van der Waals surface area contributed by atoms with Crippen LogP contribution in [0, 0.1) is 5.92 Å². The highest BCUT2D eigenvalue weighted by Crippen LogP contribution is 2.28. The fourth-order valence-electron chi connectivity index (χ4n) is 3.00. The highest BCUT2D eigenvalue weighted by Gasteiger charge is 2.20. The summed E-state index contributed by atoms with van der Waals surface area (Å²) in [6.07, 6.45) is 2.15. The van der Waals surface area contributed by atoms with Crippen molar-refractivity contribution in [2.24, 2.45) is 11.7 Å². The van der Waals surface area contributed by atoms with Crippen LogP contribution in [0.2, 0.25) is 0 Å². The van der Waals surface area contributed by atoms with Gasteiger partial charge in [-0.15, -0.1) is 0 Å². The zero-order valence-electron chi connectivity index (χ0n) is 12.0. The van der Waals surface area contributed by atoms with Crippen molar-refractivity contribution < 1.29 is 4.39 Å². The van der Waals surface area contributed by atoms with Gasteiger partial charge in [0.1, 0.15) is 6.67 Å². The molecule has 0 bridgehead atoms. The molecule has 3 atom stereocenters. The van der Waals surface area contributed by atoms with Crippen LogP contribution in [0.1, 0.15) is 38.2 Å². The summed E-state index contributed by atoms with van der Waals surface area (Å²) in [5, 5.41) is 0. The molecule has 1 aliphatic heterocycles. The number of benzene rings is 1. The fraction of sp³-hybridized carbons (Fsp3) is 0.625. The Labute approximate surface area is 115 Å². The van der Waals surface area contributed by atoms with Gasteiger partial charge in [-0.05, 0) is 36.5 Å². The second-order valence-corrected chi connectivity index (χ2v) is 5.76. The van der Waals surface area contributed by atoms with Crippen LogP contribution >= 0.6 is 0 Å². The number of anilines is 1. The summed E-state index contributed by atoms with van der Waals surface area (Å²) in [6, 6.07) is 8.15. The van der Waals surface area contributed by atoms with E-state index in [0.717, 1.165) is 31.0 Å². The van der Waals surface area contributed by atoms with Gasteiger partial charge >= 0.3 is 0 Å². The Morgan fingerprint density at radius 1 is 1.37 bits per heavy atom. The predicted octanol–water partition coefficient (Wildman–Crippen LogP) is 3.32. The summed E-state index contributed by atoms with van der Waals surface area (Å²) in [4.78, 5) is 2.42. The summed E-state index contributed by atoms with van der Waals surface area (Å²) in [7, 11) is 0. The van der Waals surface area contributed by atoms with Crippen LogP contribution in [0.3, 0.4) is 0 Å². The van der Waals surface area contributed by atoms with Crippen molar-refractivity contribution in [3.63, 3.8) is 0 Å². The number of halogens is 1. The molecule has 0 aliphatic carbocycles. The minimum absolute atomic E-state index is 0.122. The standard InChI is InChI=1S/C16H25FN2/c1-3-15(16(18)10-17)13-4-6-14(7-5-13)19-9-8-12(2)11-19/h4-7,12,15-16H,3,8-11,18H2,1-2H3. The quantitative estimate of drug-likeness (QED) is 0.884. The van der Waals surface area contributed by atoms with E-state index in [4.69, 9.17) is 5.73 Å². The number of alkyl halides is 1. The average Bonchev–Trinajstić information content (AvgIpc) is 2.87. The van der Waals surface area contributed by atoms with Gasteiger partial charge in [-0.2, -0.15) is 0 Å². The molecule has 0 radical (unpaired) electrons. The minimum Gasteiger partial charge on any atom is -0.371 e. The van der Waals surface area contributed by atoms with Crippen LogP contribution in [0.5, 0.6) is 0 Å². The summed E-state index contributed by atoms with van der Waals surface area (Å²) in [5.41, 5.74) is 8.28. The van der Waals surface area contributed by atoms with E-state index < -0.39 is 6.67 Å². The van der Waals surface area contributed by atoms with Crippen LogP contribution in [0.4, 0.5) is 10.1 Å². The topological polar surface area (TPSA) is 29.3 Å². The summed E-state index contributed by atoms with van der Waals surface area (Å²) in [5.74, 6) is 0.902. The van der Waals surface area contributed by atoms with Gasteiger partial charge in [-0.25, -0.2) is 4.39 Å². The number of rotatable bonds is 5. The lowest BCUT2D eigenvalue weighted by Gasteiger charge is -2.23. The van der Waals surface area contributed by atoms with E-state index in [0.29, 0.717) is 0 Å². The number of hydrogen-bond donors (Lipinski definition) is 1. The Bertz CT molecular complexity index is 390. The van der Waals surface area contributed by atoms with Crippen molar-refractivity contribution >= 4 is 5.69 Å². The summed E-state index contributed by atoms with van der Waals surface area (Å²) >= 11 is 0. The Morgan fingerprint density at radius 2 is 2.05 bits per heavy atom. The monoisotopic (exact) mass is 264 g/mol. The molecular weight excluding hydrogens is 239 g/mol. The molecule has 3 heteroatoms. The van der Waals surface area contributed by atoms with Crippen molar-refractivity contribution in [2.45, 2.75) is 38.6 Å². The number of nitrogens with two attached hydrogens (primary N) is 1. The molecule has 3 unspecified atom stereocenters. The van der Waals surface area contributed by atoms with Crippen LogP contribution in [-0.2, 0) is 0 Å². The van der Waals surface area contributed by atoms with Crippen molar-refractivity contribution in [1.82, 2.24) is 0 Å².